The van der Waals surface area contributed by atoms with E-state index >= 15 is 0 Å². The van der Waals surface area contributed by atoms with Gasteiger partial charge in [-0.3, -0.25) is 9.52 Å². The minimum absolute atomic E-state index is 0.0260. The molecule has 0 bridgehead atoms. The SMILES string of the molecule is O=C(c1cccc(S(=O)(=O)Nc2ccc(F)cc2)c1)N1CCCN(c2nccs2)CC1. The monoisotopic (exact) mass is 460 g/mol. The highest BCUT2D eigenvalue weighted by molar-refractivity contribution is 7.92. The van der Waals surface area contributed by atoms with Crippen LogP contribution in [0, 0.1) is 5.82 Å². The number of amides is 1. The molecule has 1 amide bonds. The molecule has 0 spiro atoms. The van der Waals surface area contributed by atoms with Crippen molar-refractivity contribution >= 4 is 38.1 Å². The number of nitrogens with zero attached hydrogens (tertiary/aromatic N) is 3. The molecule has 31 heavy (non-hydrogen) atoms. The van der Waals surface area contributed by atoms with Gasteiger partial charge in [-0.2, -0.15) is 0 Å². The summed E-state index contributed by atoms with van der Waals surface area (Å²) in [6.45, 7) is 2.60. The maximum absolute atomic E-state index is 13.1. The van der Waals surface area contributed by atoms with Crippen molar-refractivity contribution in [3.05, 3.63) is 71.5 Å². The Labute approximate surface area is 184 Å². The van der Waals surface area contributed by atoms with Crippen LogP contribution >= 0.6 is 11.3 Å². The highest BCUT2D eigenvalue weighted by atomic mass is 32.2. The van der Waals surface area contributed by atoms with E-state index in [0.717, 1.165) is 18.1 Å². The summed E-state index contributed by atoms with van der Waals surface area (Å²) < 4.78 is 40.9. The molecule has 0 saturated carbocycles. The quantitative estimate of drug-likeness (QED) is 0.631. The average molecular weight is 461 g/mol. The predicted octanol–water partition coefficient (Wildman–Crippen LogP) is 3.44. The molecule has 4 rings (SSSR count). The second kappa shape index (κ2) is 9.03. The summed E-state index contributed by atoms with van der Waals surface area (Å²) >= 11 is 1.57. The minimum atomic E-state index is -3.92. The number of nitrogens with one attached hydrogen (secondary N) is 1. The van der Waals surface area contributed by atoms with E-state index in [0.29, 0.717) is 25.2 Å². The number of anilines is 2. The summed E-state index contributed by atoms with van der Waals surface area (Å²) in [5.74, 6) is -0.666. The van der Waals surface area contributed by atoms with Crippen LogP contribution in [0.5, 0.6) is 0 Å². The van der Waals surface area contributed by atoms with Crippen LogP contribution in [-0.2, 0) is 10.0 Å². The summed E-state index contributed by atoms with van der Waals surface area (Å²) in [7, 11) is -3.92. The van der Waals surface area contributed by atoms with E-state index in [1.807, 2.05) is 5.38 Å². The number of aromatic nitrogens is 1. The predicted molar refractivity (Wildman–Crippen MR) is 118 cm³/mol. The fourth-order valence-electron chi connectivity index (χ4n) is 3.39. The van der Waals surface area contributed by atoms with E-state index in [1.54, 1.807) is 34.6 Å². The number of benzene rings is 2. The maximum Gasteiger partial charge on any atom is 0.261 e. The van der Waals surface area contributed by atoms with Crippen LogP contribution in [0.1, 0.15) is 16.8 Å². The zero-order valence-corrected chi connectivity index (χ0v) is 18.2. The lowest BCUT2D eigenvalue weighted by atomic mass is 10.2. The third-order valence-corrected chi connectivity index (χ3v) is 7.17. The molecule has 1 aliphatic heterocycles. The largest absolute Gasteiger partial charge is 0.346 e. The van der Waals surface area contributed by atoms with Gasteiger partial charge in [0.1, 0.15) is 5.82 Å². The minimum Gasteiger partial charge on any atom is -0.346 e. The normalized spacial score (nSPS) is 14.9. The molecule has 2 heterocycles. The summed E-state index contributed by atoms with van der Waals surface area (Å²) in [6, 6.07) is 11.0. The Morgan fingerprint density at radius 1 is 1.06 bits per heavy atom. The van der Waals surface area contributed by atoms with Gasteiger partial charge in [0.15, 0.2) is 5.13 Å². The smallest absolute Gasteiger partial charge is 0.261 e. The van der Waals surface area contributed by atoms with Gasteiger partial charge in [0, 0.05) is 49.0 Å². The van der Waals surface area contributed by atoms with Gasteiger partial charge in [0.2, 0.25) is 0 Å². The van der Waals surface area contributed by atoms with Crippen molar-refractivity contribution in [2.24, 2.45) is 0 Å². The van der Waals surface area contributed by atoms with Gasteiger partial charge < -0.3 is 9.80 Å². The number of rotatable bonds is 5. The lowest BCUT2D eigenvalue weighted by Gasteiger charge is -2.22. The lowest BCUT2D eigenvalue weighted by molar-refractivity contribution is 0.0766. The van der Waals surface area contributed by atoms with Gasteiger partial charge in [0.25, 0.3) is 15.9 Å². The van der Waals surface area contributed by atoms with Crippen LogP contribution in [0.3, 0.4) is 0 Å². The maximum atomic E-state index is 13.1. The third kappa shape index (κ3) is 5.02. The topological polar surface area (TPSA) is 82.6 Å². The zero-order valence-electron chi connectivity index (χ0n) is 16.6. The number of thiazole rings is 1. The van der Waals surface area contributed by atoms with Gasteiger partial charge >= 0.3 is 0 Å². The molecule has 1 fully saturated rings. The standard InChI is InChI=1S/C21H21FN4O3S2/c22-17-5-7-18(8-6-17)24-31(28,29)19-4-1-3-16(15-19)20(27)25-10-2-11-26(13-12-25)21-23-9-14-30-21/h1,3-9,14-15,24H,2,10-13H2. The van der Waals surface area contributed by atoms with Crippen molar-refractivity contribution in [1.29, 1.82) is 0 Å². The highest BCUT2D eigenvalue weighted by Gasteiger charge is 2.23. The van der Waals surface area contributed by atoms with Crippen molar-refractivity contribution < 1.29 is 17.6 Å². The van der Waals surface area contributed by atoms with Crippen molar-refractivity contribution in [3.63, 3.8) is 0 Å². The molecule has 2 aromatic carbocycles. The van der Waals surface area contributed by atoms with E-state index in [4.69, 9.17) is 0 Å². The summed E-state index contributed by atoms with van der Waals surface area (Å²) in [5, 5.41) is 2.86. The van der Waals surface area contributed by atoms with Gasteiger partial charge in [0.05, 0.1) is 4.90 Å². The van der Waals surface area contributed by atoms with Crippen molar-refractivity contribution in [2.75, 3.05) is 35.8 Å². The molecule has 10 heteroatoms. The molecule has 1 N–H and O–H groups in total. The third-order valence-electron chi connectivity index (χ3n) is 4.96. The Morgan fingerprint density at radius 3 is 2.61 bits per heavy atom. The summed E-state index contributed by atoms with van der Waals surface area (Å²) in [4.78, 5) is 21.3. The van der Waals surface area contributed by atoms with E-state index in [9.17, 15) is 17.6 Å². The first kappa shape index (κ1) is 21.3. The number of halogens is 1. The van der Waals surface area contributed by atoms with Gasteiger partial charge in [-0.1, -0.05) is 6.07 Å². The van der Waals surface area contributed by atoms with Gasteiger partial charge in [-0.05, 0) is 48.9 Å². The van der Waals surface area contributed by atoms with E-state index in [1.165, 1.54) is 36.4 Å². The molecular weight excluding hydrogens is 439 g/mol. The van der Waals surface area contributed by atoms with Crippen LogP contribution in [0.15, 0.2) is 65.0 Å². The highest BCUT2D eigenvalue weighted by Crippen LogP contribution is 2.21. The zero-order chi connectivity index (χ0) is 21.8. The molecule has 3 aromatic rings. The van der Waals surface area contributed by atoms with E-state index in [-0.39, 0.29) is 16.5 Å². The van der Waals surface area contributed by atoms with Crippen LogP contribution in [-0.4, -0.2) is 50.4 Å². The summed E-state index contributed by atoms with van der Waals surface area (Å²) in [5.41, 5.74) is 0.553. The number of sulfonamides is 1. The fourth-order valence-corrected chi connectivity index (χ4v) is 5.20. The Kier molecular flexibility index (Phi) is 6.19. The van der Waals surface area contributed by atoms with Crippen molar-refractivity contribution in [3.8, 4) is 0 Å². The Balaban J connectivity index is 1.48. The van der Waals surface area contributed by atoms with Crippen molar-refractivity contribution in [1.82, 2.24) is 9.88 Å². The van der Waals surface area contributed by atoms with Crippen LogP contribution in [0.2, 0.25) is 0 Å². The number of hydrogen-bond acceptors (Lipinski definition) is 6. The Morgan fingerprint density at radius 2 is 1.87 bits per heavy atom. The number of carbonyl (C=O) groups is 1. The lowest BCUT2D eigenvalue weighted by Crippen LogP contribution is -2.35. The second-order valence-corrected chi connectivity index (χ2v) is 9.64. The van der Waals surface area contributed by atoms with Crippen LogP contribution < -0.4 is 9.62 Å². The first-order valence-electron chi connectivity index (χ1n) is 9.74. The summed E-state index contributed by atoms with van der Waals surface area (Å²) in [6.07, 6.45) is 2.56. The van der Waals surface area contributed by atoms with Crippen LogP contribution in [0.25, 0.3) is 0 Å². The molecule has 1 aliphatic rings. The van der Waals surface area contributed by atoms with Crippen molar-refractivity contribution in [2.45, 2.75) is 11.3 Å². The number of carbonyl (C=O) groups excluding carboxylic acids is 1. The Bertz CT molecular complexity index is 1150. The number of hydrogen-bond donors (Lipinski definition) is 1. The average Bonchev–Trinajstić information content (AvgIpc) is 3.19. The molecule has 1 aromatic heterocycles. The second-order valence-electron chi connectivity index (χ2n) is 7.09. The van der Waals surface area contributed by atoms with E-state index in [2.05, 4.69) is 14.6 Å². The molecular formula is C21H21FN4O3S2. The van der Waals surface area contributed by atoms with Gasteiger partial charge in [-0.25, -0.2) is 17.8 Å². The molecule has 0 aliphatic carbocycles. The van der Waals surface area contributed by atoms with Crippen LogP contribution in [0.4, 0.5) is 15.2 Å². The van der Waals surface area contributed by atoms with Gasteiger partial charge in [-0.15, -0.1) is 11.3 Å². The molecule has 1 saturated heterocycles. The molecule has 7 nitrogen and oxygen atoms in total. The fraction of sp³-hybridized carbons (Fsp3) is 0.238. The van der Waals surface area contributed by atoms with E-state index < -0.39 is 15.8 Å². The molecule has 0 radical (unpaired) electrons. The first-order chi connectivity index (χ1) is 14.9. The first-order valence-corrected chi connectivity index (χ1v) is 12.1. The molecule has 0 unspecified atom stereocenters. The molecule has 0 atom stereocenters. The Hall–Kier alpha value is -2.98. The molecule has 162 valence electrons.